The number of allylic oxidation sites excluding steroid dienone is 1. The van der Waals surface area contributed by atoms with Gasteiger partial charge in [-0.25, -0.2) is 4.79 Å². The molecule has 0 saturated carbocycles. The lowest BCUT2D eigenvalue weighted by Crippen LogP contribution is -2.24. The number of carboxylic acids is 2. The number of benzene rings is 1. The fourth-order valence-electron chi connectivity index (χ4n) is 1.88. The van der Waals surface area contributed by atoms with Crippen LogP contribution in [0.4, 0.5) is 0 Å². The molecule has 1 aromatic rings. The summed E-state index contributed by atoms with van der Waals surface area (Å²) in [5, 5.41) is 17.9. The van der Waals surface area contributed by atoms with Gasteiger partial charge < -0.3 is 10.2 Å². The van der Waals surface area contributed by atoms with Crippen LogP contribution in [0.15, 0.2) is 24.3 Å². The summed E-state index contributed by atoms with van der Waals surface area (Å²) in [5.74, 6) is -4.28. The summed E-state index contributed by atoms with van der Waals surface area (Å²) in [6, 6.07) is 4.27. The molecule has 1 unspecified atom stereocenters. The Bertz CT molecular complexity index is 556. The maximum Gasteiger partial charge on any atom is 0.336 e. The SMILES string of the molecule is O=C(O)c1cccc2c1C=CC(=O)C2C(=O)O. The zero-order chi connectivity index (χ0) is 12.6. The number of fused-ring (bicyclic) bond motifs is 1. The van der Waals surface area contributed by atoms with E-state index in [0.717, 1.165) is 6.08 Å². The van der Waals surface area contributed by atoms with Gasteiger partial charge in [0.05, 0.1) is 5.56 Å². The third-order valence-corrected chi connectivity index (χ3v) is 2.63. The maximum atomic E-state index is 11.5. The van der Waals surface area contributed by atoms with E-state index in [1.165, 1.54) is 24.3 Å². The molecular formula is C12H8O5. The monoisotopic (exact) mass is 232 g/mol. The van der Waals surface area contributed by atoms with Crippen molar-refractivity contribution in [1.82, 2.24) is 0 Å². The first kappa shape index (κ1) is 11.1. The van der Waals surface area contributed by atoms with Gasteiger partial charge in [0.2, 0.25) is 0 Å². The van der Waals surface area contributed by atoms with Crippen LogP contribution in [-0.2, 0) is 9.59 Å². The Morgan fingerprint density at radius 3 is 2.41 bits per heavy atom. The molecule has 17 heavy (non-hydrogen) atoms. The van der Waals surface area contributed by atoms with E-state index < -0.39 is 23.6 Å². The highest BCUT2D eigenvalue weighted by Gasteiger charge is 2.32. The molecule has 0 fully saturated rings. The summed E-state index contributed by atoms with van der Waals surface area (Å²) < 4.78 is 0. The highest BCUT2D eigenvalue weighted by atomic mass is 16.4. The van der Waals surface area contributed by atoms with Crippen LogP contribution >= 0.6 is 0 Å². The normalized spacial score (nSPS) is 17.6. The number of rotatable bonds is 2. The van der Waals surface area contributed by atoms with Crippen molar-refractivity contribution in [3.63, 3.8) is 0 Å². The fraction of sp³-hybridized carbons (Fsp3) is 0.0833. The summed E-state index contributed by atoms with van der Waals surface area (Å²) >= 11 is 0. The Balaban J connectivity index is 2.68. The third-order valence-electron chi connectivity index (χ3n) is 2.63. The second-order valence-corrected chi connectivity index (χ2v) is 3.62. The predicted molar refractivity (Wildman–Crippen MR) is 57.8 cm³/mol. The van der Waals surface area contributed by atoms with Crippen molar-refractivity contribution in [2.45, 2.75) is 5.92 Å². The fourth-order valence-corrected chi connectivity index (χ4v) is 1.88. The lowest BCUT2D eigenvalue weighted by atomic mass is 9.84. The van der Waals surface area contributed by atoms with Gasteiger partial charge in [-0.2, -0.15) is 0 Å². The first-order valence-corrected chi connectivity index (χ1v) is 4.83. The minimum absolute atomic E-state index is 0.00231. The van der Waals surface area contributed by atoms with E-state index in [4.69, 9.17) is 10.2 Å². The van der Waals surface area contributed by atoms with E-state index >= 15 is 0 Å². The van der Waals surface area contributed by atoms with Crippen LogP contribution in [0.25, 0.3) is 6.08 Å². The van der Waals surface area contributed by atoms with E-state index in [2.05, 4.69) is 0 Å². The molecule has 0 heterocycles. The van der Waals surface area contributed by atoms with Crippen LogP contribution < -0.4 is 0 Å². The molecule has 86 valence electrons. The molecule has 1 atom stereocenters. The Kier molecular flexibility index (Phi) is 2.51. The molecular weight excluding hydrogens is 224 g/mol. The van der Waals surface area contributed by atoms with Crippen LogP contribution in [0.1, 0.15) is 27.4 Å². The Labute approximate surface area is 96.0 Å². The van der Waals surface area contributed by atoms with Crippen molar-refractivity contribution in [2.24, 2.45) is 0 Å². The topological polar surface area (TPSA) is 91.7 Å². The van der Waals surface area contributed by atoms with Crippen LogP contribution in [-0.4, -0.2) is 27.9 Å². The van der Waals surface area contributed by atoms with E-state index in [1.54, 1.807) is 0 Å². The molecule has 0 amide bonds. The summed E-state index contributed by atoms with van der Waals surface area (Å²) in [7, 11) is 0. The number of aliphatic carboxylic acids is 1. The summed E-state index contributed by atoms with van der Waals surface area (Å²) in [4.78, 5) is 33.4. The number of ketones is 1. The highest BCUT2D eigenvalue weighted by molar-refractivity contribution is 6.14. The Hall–Kier alpha value is -2.43. The average Bonchev–Trinajstić information content (AvgIpc) is 2.26. The smallest absolute Gasteiger partial charge is 0.336 e. The van der Waals surface area contributed by atoms with Gasteiger partial charge in [0.25, 0.3) is 0 Å². The van der Waals surface area contributed by atoms with Gasteiger partial charge in [0.1, 0.15) is 5.92 Å². The molecule has 0 spiro atoms. The van der Waals surface area contributed by atoms with E-state index in [9.17, 15) is 14.4 Å². The summed E-state index contributed by atoms with van der Waals surface area (Å²) in [6.45, 7) is 0. The van der Waals surface area contributed by atoms with Gasteiger partial charge in [-0.3, -0.25) is 9.59 Å². The zero-order valence-electron chi connectivity index (χ0n) is 8.58. The minimum atomic E-state index is -1.31. The van der Waals surface area contributed by atoms with Gasteiger partial charge >= 0.3 is 11.9 Å². The number of carbonyl (C=O) groups excluding carboxylic acids is 1. The van der Waals surface area contributed by atoms with E-state index in [-0.39, 0.29) is 16.7 Å². The highest BCUT2D eigenvalue weighted by Crippen LogP contribution is 2.30. The van der Waals surface area contributed by atoms with Gasteiger partial charge in [-0.1, -0.05) is 18.2 Å². The van der Waals surface area contributed by atoms with Crippen LogP contribution in [0.2, 0.25) is 0 Å². The number of aromatic carboxylic acids is 1. The molecule has 0 aliphatic heterocycles. The van der Waals surface area contributed by atoms with Gasteiger partial charge in [-0.15, -0.1) is 0 Å². The zero-order valence-corrected chi connectivity index (χ0v) is 8.58. The summed E-state index contributed by atoms with van der Waals surface area (Å²) in [5.41, 5.74) is 0.509. The number of hydrogen-bond acceptors (Lipinski definition) is 3. The molecule has 0 saturated heterocycles. The molecule has 1 aliphatic carbocycles. The lowest BCUT2D eigenvalue weighted by Gasteiger charge is -2.18. The van der Waals surface area contributed by atoms with Crippen molar-refractivity contribution in [1.29, 1.82) is 0 Å². The van der Waals surface area contributed by atoms with Crippen LogP contribution in [0.3, 0.4) is 0 Å². The van der Waals surface area contributed by atoms with Crippen molar-refractivity contribution >= 4 is 23.8 Å². The van der Waals surface area contributed by atoms with Gasteiger partial charge in [0.15, 0.2) is 5.78 Å². The van der Waals surface area contributed by atoms with Crippen molar-refractivity contribution in [3.05, 3.63) is 41.0 Å². The molecule has 2 N–H and O–H groups in total. The maximum absolute atomic E-state index is 11.5. The lowest BCUT2D eigenvalue weighted by molar-refractivity contribution is -0.141. The van der Waals surface area contributed by atoms with Crippen LogP contribution in [0, 0.1) is 0 Å². The quantitative estimate of drug-likeness (QED) is 0.746. The van der Waals surface area contributed by atoms with Crippen molar-refractivity contribution in [2.75, 3.05) is 0 Å². The molecule has 0 bridgehead atoms. The number of hydrogen-bond donors (Lipinski definition) is 2. The average molecular weight is 232 g/mol. The second kappa shape index (κ2) is 3.86. The third kappa shape index (κ3) is 1.71. The summed E-state index contributed by atoms with van der Waals surface area (Å²) in [6.07, 6.45) is 2.45. The van der Waals surface area contributed by atoms with Gasteiger partial charge in [0, 0.05) is 0 Å². The molecule has 0 aromatic heterocycles. The molecule has 1 aromatic carbocycles. The number of carbonyl (C=O) groups is 3. The molecule has 5 heteroatoms. The van der Waals surface area contributed by atoms with E-state index in [1.807, 2.05) is 0 Å². The first-order valence-electron chi connectivity index (χ1n) is 4.83. The molecule has 2 rings (SSSR count). The Morgan fingerprint density at radius 2 is 1.82 bits per heavy atom. The molecule has 5 nitrogen and oxygen atoms in total. The van der Waals surface area contributed by atoms with E-state index in [0.29, 0.717) is 0 Å². The largest absolute Gasteiger partial charge is 0.480 e. The molecule has 0 radical (unpaired) electrons. The number of carboxylic acid groups (broad SMARTS) is 2. The standard InChI is InChI=1S/C12H8O5/c13-9-5-4-6-7(10(9)12(16)17)2-1-3-8(6)11(14)15/h1-5,10H,(H,14,15)(H,16,17). The van der Waals surface area contributed by atoms with Crippen molar-refractivity contribution < 1.29 is 24.6 Å². The van der Waals surface area contributed by atoms with Gasteiger partial charge in [-0.05, 0) is 23.3 Å². The van der Waals surface area contributed by atoms with Crippen LogP contribution in [0.5, 0.6) is 0 Å². The first-order chi connectivity index (χ1) is 8.02. The minimum Gasteiger partial charge on any atom is -0.480 e. The second-order valence-electron chi connectivity index (χ2n) is 3.62. The Morgan fingerprint density at radius 1 is 1.12 bits per heavy atom. The predicted octanol–water partition coefficient (Wildman–Crippen LogP) is 1.15. The molecule has 1 aliphatic rings. The van der Waals surface area contributed by atoms with Crippen molar-refractivity contribution in [3.8, 4) is 0 Å².